The lowest BCUT2D eigenvalue weighted by Gasteiger charge is -2.47. The Morgan fingerprint density at radius 1 is 1.31 bits per heavy atom. The molecule has 1 rings (SSSR count). The fraction of sp³-hybridized carbons (Fsp3) is 0.917. The monoisotopic (exact) mass is 247 g/mol. The fourth-order valence-corrected chi connectivity index (χ4v) is 2.45. The first-order valence-electron chi connectivity index (χ1n) is 5.72. The van der Waals surface area contributed by atoms with Crippen molar-refractivity contribution in [3.8, 4) is 0 Å². The van der Waals surface area contributed by atoms with E-state index >= 15 is 0 Å². The minimum absolute atomic E-state index is 0.119. The molecule has 94 valence electrons. The number of halogens is 1. The molecule has 0 radical (unpaired) electrons. The van der Waals surface area contributed by atoms with Crippen molar-refractivity contribution in [1.29, 1.82) is 0 Å². The van der Waals surface area contributed by atoms with Crippen molar-refractivity contribution in [2.75, 3.05) is 19.0 Å². The smallest absolute Gasteiger partial charge is 0.226 e. The number of rotatable bonds is 2. The number of hydrogen-bond acceptors (Lipinski definition) is 2. The number of carbonyl (C=O) groups excluding carboxylic acids is 1. The van der Waals surface area contributed by atoms with Crippen molar-refractivity contribution in [1.82, 2.24) is 4.90 Å². The molecule has 1 fully saturated rings. The third-order valence-electron chi connectivity index (χ3n) is 2.66. The van der Waals surface area contributed by atoms with Gasteiger partial charge < -0.3 is 9.64 Å². The zero-order chi connectivity index (χ0) is 12.6. The maximum atomic E-state index is 12.1. The Hall–Kier alpha value is -0.280. The Balaban J connectivity index is 2.78. The van der Waals surface area contributed by atoms with Gasteiger partial charge in [-0.3, -0.25) is 4.79 Å². The molecule has 1 aliphatic heterocycles. The molecule has 1 atom stereocenters. The molecule has 1 amide bonds. The molecule has 1 saturated heterocycles. The molecule has 0 aromatic heterocycles. The molecule has 0 aliphatic carbocycles. The van der Waals surface area contributed by atoms with Gasteiger partial charge in [0, 0.05) is 24.9 Å². The van der Waals surface area contributed by atoms with Crippen LogP contribution in [0.5, 0.6) is 0 Å². The first-order chi connectivity index (χ1) is 7.17. The average Bonchev–Trinajstić information content (AvgIpc) is 2.10. The van der Waals surface area contributed by atoms with Crippen molar-refractivity contribution < 1.29 is 9.53 Å². The van der Waals surface area contributed by atoms with Gasteiger partial charge in [-0.15, -0.1) is 11.6 Å². The van der Waals surface area contributed by atoms with Crippen molar-refractivity contribution in [3.05, 3.63) is 0 Å². The van der Waals surface area contributed by atoms with Crippen LogP contribution in [0, 0.1) is 5.92 Å². The van der Waals surface area contributed by atoms with Crippen molar-refractivity contribution in [2.45, 2.75) is 45.8 Å². The van der Waals surface area contributed by atoms with Gasteiger partial charge in [0.25, 0.3) is 0 Å². The Bertz CT molecular complexity index is 260. The van der Waals surface area contributed by atoms with Gasteiger partial charge in [0.15, 0.2) is 0 Å². The highest BCUT2D eigenvalue weighted by atomic mass is 35.5. The van der Waals surface area contributed by atoms with Crippen LogP contribution < -0.4 is 0 Å². The highest BCUT2D eigenvalue weighted by Crippen LogP contribution is 2.28. The molecule has 0 aromatic carbocycles. The first kappa shape index (κ1) is 13.8. The molecule has 1 heterocycles. The van der Waals surface area contributed by atoms with Crippen LogP contribution in [-0.2, 0) is 9.53 Å². The summed E-state index contributed by atoms with van der Waals surface area (Å²) in [5.74, 6) is 0.377. The summed E-state index contributed by atoms with van der Waals surface area (Å²) < 4.78 is 5.93. The summed E-state index contributed by atoms with van der Waals surface area (Å²) in [6, 6.07) is 0. The summed E-state index contributed by atoms with van der Waals surface area (Å²) in [5.41, 5.74) is -0.577. The predicted molar refractivity (Wildman–Crippen MR) is 65.7 cm³/mol. The van der Waals surface area contributed by atoms with Gasteiger partial charge in [0.2, 0.25) is 5.91 Å². The standard InChI is InChI=1S/C12H22ClNO2/c1-9(6-13)10(15)14-7-11(2,3)16-12(4,5)8-14/h9H,6-8H2,1-5H3. The molecule has 4 heteroatoms. The van der Waals surface area contributed by atoms with Crippen LogP contribution >= 0.6 is 11.6 Å². The second-order valence-corrected chi connectivity index (χ2v) is 6.18. The number of amides is 1. The van der Waals surface area contributed by atoms with E-state index in [1.54, 1.807) is 0 Å². The average molecular weight is 248 g/mol. The molecule has 0 spiro atoms. The summed E-state index contributed by atoms with van der Waals surface area (Å²) in [6.07, 6.45) is 0. The van der Waals surface area contributed by atoms with E-state index in [0.29, 0.717) is 19.0 Å². The molecule has 16 heavy (non-hydrogen) atoms. The summed E-state index contributed by atoms with van der Waals surface area (Å²) in [7, 11) is 0. The SMILES string of the molecule is CC(CCl)C(=O)N1CC(C)(C)OC(C)(C)C1. The number of nitrogens with zero attached hydrogens (tertiary/aromatic N) is 1. The summed E-state index contributed by atoms with van der Waals surface area (Å²) in [5, 5.41) is 0. The van der Waals surface area contributed by atoms with Gasteiger partial charge in [0.1, 0.15) is 0 Å². The number of ether oxygens (including phenoxy) is 1. The number of alkyl halides is 1. The lowest BCUT2D eigenvalue weighted by atomic mass is 9.97. The van der Waals surface area contributed by atoms with Gasteiger partial charge in [0.05, 0.1) is 11.2 Å². The maximum Gasteiger partial charge on any atom is 0.226 e. The topological polar surface area (TPSA) is 29.5 Å². The van der Waals surface area contributed by atoms with Crippen LogP contribution in [0.2, 0.25) is 0 Å². The van der Waals surface area contributed by atoms with Crippen molar-refractivity contribution in [3.63, 3.8) is 0 Å². The zero-order valence-corrected chi connectivity index (χ0v) is 11.6. The van der Waals surface area contributed by atoms with Crippen LogP contribution in [0.15, 0.2) is 0 Å². The summed E-state index contributed by atoms with van der Waals surface area (Å²) in [4.78, 5) is 14.0. The van der Waals surface area contributed by atoms with E-state index < -0.39 is 0 Å². The van der Waals surface area contributed by atoms with Gasteiger partial charge in [-0.2, -0.15) is 0 Å². The Morgan fingerprint density at radius 2 is 1.75 bits per heavy atom. The van der Waals surface area contributed by atoms with Crippen LogP contribution in [0.25, 0.3) is 0 Å². The van der Waals surface area contributed by atoms with Gasteiger partial charge in [-0.05, 0) is 27.7 Å². The molecule has 0 saturated carbocycles. The van der Waals surface area contributed by atoms with Gasteiger partial charge in [-0.1, -0.05) is 6.92 Å². The fourth-order valence-electron chi connectivity index (χ4n) is 2.32. The lowest BCUT2D eigenvalue weighted by molar-refractivity contribution is -0.189. The molecular weight excluding hydrogens is 226 g/mol. The summed E-state index contributed by atoms with van der Waals surface area (Å²) in [6.45, 7) is 11.2. The highest BCUT2D eigenvalue weighted by Gasteiger charge is 2.40. The Labute approximate surface area is 103 Å². The largest absolute Gasteiger partial charge is 0.366 e. The van der Waals surface area contributed by atoms with Crippen molar-refractivity contribution in [2.24, 2.45) is 5.92 Å². The van der Waals surface area contributed by atoms with Crippen LogP contribution in [0.4, 0.5) is 0 Å². The molecule has 1 unspecified atom stereocenters. The molecule has 0 bridgehead atoms. The van der Waals surface area contributed by atoms with E-state index in [1.165, 1.54) is 0 Å². The molecule has 3 nitrogen and oxygen atoms in total. The number of hydrogen-bond donors (Lipinski definition) is 0. The minimum atomic E-state index is -0.288. The van der Waals surface area contributed by atoms with Gasteiger partial charge >= 0.3 is 0 Å². The summed E-state index contributed by atoms with van der Waals surface area (Å²) >= 11 is 5.73. The molecule has 0 aromatic rings. The highest BCUT2D eigenvalue weighted by molar-refractivity contribution is 6.19. The van der Waals surface area contributed by atoms with E-state index in [9.17, 15) is 4.79 Å². The van der Waals surface area contributed by atoms with Crippen LogP contribution in [0.1, 0.15) is 34.6 Å². The Kier molecular flexibility index (Phi) is 3.91. The van der Waals surface area contributed by atoms with E-state index in [0.717, 1.165) is 0 Å². The zero-order valence-electron chi connectivity index (χ0n) is 10.8. The second kappa shape index (κ2) is 4.53. The number of carbonyl (C=O) groups is 1. The second-order valence-electron chi connectivity index (χ2n) is 5.87. The maximum absolute atomic E-state index is 12.1. The Morgan fingerprint density at radius 3 is 2.12 bits per heavy atom. The van der Waals surface area contributed by atoms with Crippen LogP contribution in [0.3, 0.4) is 0 Å². The quantitative estimate of drug-likeness (QED) is 0.701. The lowest BCUT2D eigenvalue weighted by Crippen LogP contribution is -2.59. The minimum Gasteiger partial charge on any atom is -0.366 e. The third-order valence-corrected chi connectivity index (χ3v) is 3.12. The van der Waals surface area contributed by atoms with E-state index in [-0.39, 0.29) is 23.0 Å². The van der Waals surface area contributed by atoms with E-state index in [4.69, 9.17) is 16.3 Å². The predicted octanol–water partition coefficient (Wildman–Crippen LogP) is 2.28. The first-order valence-corrected chi connectivity index (χ1v) is 6.25. The van der Waals surface area contributed by atoms with Gasteiger partial charge in [-0.25, -0.2) is 0 Å². The molecular formula is C12H22ClNO2. The van der Waals surface area contributed by atoms with E-state index in [1.807, 2.05) is 39.5 Å². The molecule has 1 aliphatic rings. The third kappa shape index (κ3) is 3.36. The van der Waals surface area contributed by atoms with Crippen molar-refractivity contribution >= 4 is 17.5 Å². The van der Waals surface area contributed by atoms with E-state index in [2.05, 4.69) is 0 Å². The van der Waals surface area contributed by atoms with Crippen LogP contribution in [-0.4, -0.2) is 41.0 Å². The normalized spacial score (nSPS) is 25.2. The number of morpholine rings is 1. The molecule has 0 N–H and O–H groups in total.